The first kappa shape index (κ1) is 15.7. The molecule has 0 saturated carbocycles. The summed E-state index contributed by atoms with van der Waals surface area (Å²) in [5.74, 6) is 3.55. The zero-order valence-corrected chi connectivity index (χ0v) is 14.7. The molecule has 122 valence electrons. The lowest BCUT2D eigenvalue weighted by Gasteiger charge is -2.33. The van der Waals surface area contributed by atoms with Crippen LogP contribution in [0.4, 0.5) is 11.4 Å². The van der Waals surface area contributed by atoms with Gasteiger partial charge >= 0.3 is 0 Å². The van der Waals surface area contributed by atoms with Crippen LogP contribution in [-0.4, -0.2) is 7.11 Å². The van der Waals surface area contributed by atoms with Crippen molar-refractivity contribution in [3.63, 3.8) is 0 Å². The van der Waals surface area contributed by atoms with E-state index in [1.807, 2.05) is 18.2 Å². The van der Waals surface area contributed by atoms with Crippen LogP contribution in [0.1, 0.15) is 11.1 Å². The Kier molecular flexibility index (Phi) is 4.13. The summed E-state index contributed by atoms with van der Waals surface area (Å²) in [6.45, 7) is 0.793. The number of terminal acetylenes is 1. The van der Waals surface area contributed by atoms with Crippen LogP contribution in [0.15, 0.2) is 76.5 Å². The van der Waals surface area contributed by atoms with Crippen molar-refractivity contribution < 1.29 is 4.74 Å². The molecule has 0 unspecified atom stereocenters. The predicted molar refractivity (Wildman–Crippen MR) is 104 cm³/mol. The van der Waals surface area contributed by atoms with E-state index in [2.05, 4.69) is 59.4 Å². The molecule has 1 aliphatic heterocycles. The number of hydrogen-bond donors (Lipinski definition) is 0. The molecule has 0 spiro atoms. The number of fused-ring (bicyclic) bond motifs is 2. The Morgan fingerprint density at radius 2 is 1.72 bits per heavy atom. The van der Waals surface area contributed by atoms with Crippen LogP contribution in [-0.2, 0) is 6.54 Å². The number of hydrogen-bond acceptors (Lipinski definition) is 3. The SMILES string of the molecule is C#Cc1ccc(CN2c3ccccc3Sc3cc(OC)ccc32)cc1. The number of benzene rings is 3. The largest absolute Gasteiger partial charge is 0.497 e. The number of para-hydroxylation sites is 1. The maximum Gasteiger partial charge on any atom is 0.120 e. The van der Waals surface area contributed by atoms with E-state index in [1.165, 1.54) is 26.7 Å². The van der Waals surface area contributed by atoms with Crippen molar-refractivity contribution in [2.24, 2.45) is 0 Å². The van der Waals surface area contributed by atoms with Crippen molar-refractivity contribution in [1.29, 1.82) is 0 Å². The summed E-state index contributed by atoms with van der Waals surface area (Å²) in [5.41, 5.74) is 4.56. The quantitative estimate of drug-likeness (QED) is 0.584. The van der Waals surface area contributed by atoms with Gasteiger partial charge in [0, 0.05) is 21.9 Å². The standard InChI is InChI=1S/C22H17NOS/c1-3-16-8-10-17(11-9-16)15-23-19-6-4-5-7-21(19)25-22-14-18(24-2)12-13-20(22)23/h1,4-14H,15H2,2H3. The van der Waals surface area contributed by atoms with Gasteiger partial charge in [-0.25, -0.2) is 0 Å². The summed E-state index contributed by atoms with van der Waals surface area (Å²) in [7, 11) is 1.70. The van der Waals surface area contributed by atoms with E-state index in [0.29, 0.717) is 0 Å². The molecule has 0 fully saturated rings. The minimum Gasteiger partial charge on any atom is -0.497 e. The Morgan fingerprint density at radius 1 is 0.960 bits per heavy atom. The summed E-state index contributed by atoms with van der Waals surface area (Å²) in [6.07, 6.45) is 5.46. The fraction of sp³-hybridized carbons (Fsp3) is 0.0909. The van der Waals surface area contributed by atoms with Crippen LogP contribution in [0.5, 0.6) is 5.75 Å². The van der Waals surface area contributed by atoms with Crippen molar-refractivity contribution in [3.05, 3.63) is 77.9 Å². The van der Waals surface area contributed by atoms with E-state index in [1.54, 1.807) is 18.9 Å². The van der Waals surface area contributed by atoms with Gasteiger partial charge in [0.15, 0.2) is 0 Å². The van der Waals surface area contributed by atoms with E-state index in [-0.39, 0.29) is 0 Å². The molecule has 0 saturated heterocycles. The zero-order chi connectivity index (χ0) is 17.2. The number of anilines is 2. The molecular weight excluding hydrogens is 326 g/mol. The Bertz CT molecular complexity index is 957. The minimum atomic E-state index is 0.793. The second-order valence-electron chi connectivity index (χ2n) is 5.83. The Balaban J connectivity index is 1.76. The lowest BCUT2D eigenvalue weighted by molar-refractivity contribution is 0.413. The number of rotatable bonds is 3. The van der Waals surface area contributed by atoms with Crippen LogP contribution < -0.4 is 9.64 Å². The van der Waals surface area contributed by atoms with Crippen LogP contribution in [0.25, 0.3) is 0 Å². The monoisotopic (exact) mass is 343 g/mol. The first-order valence-electron chi connectivity index (χ1n) is 8.06. The lowest BCUT2D eigenvalue weighted by Crippen LogP contribution is -2.20. The van der Waals surface area contributed by atoms with Gasteiger partial charge in [0.1, 0.15) is 5.75 Å². The maximum atomic E-state index is 5.46. The smallest absolute Gasteiger partial charge is 0.120 e. The van der Waals surface area contributed by atoms with Crippen molar-refractivity contribution >= 4 is 23.1 Å². The van der Waals surface area contributed by atoms with Gasteiger partial charge in [0.05, 0.1) is 18.5 Å². The summed E-state index contributed by atoms with van der Waals surface area (Å²) in [5, 5.41) is 0. The number of nitrogens with zero attached hydrogens (tertiary/aromatic N) is 1. The van der Waals surface area contributed by atoms with Crippen LogP contribution in [0.3, 0.4) is 0 Å². The third-order valence-electron chi connectivity index (χ3n) is 4.30. The Labute approximate surface area is 152 Å². The van der Waals surface area contributed by atoms with Gasteiger partial charge in [-0.15, -0.1) is 6.42 Å². The van der Waals surface area contributed by atoms with Gasteiger partial charge in [-0.2, -0.15) is 0 Å². The van der Waals surface area contributed by atoms with Gasteiger partial charge in [0.25, 0.3) is 0 Å². The zero-order valence-electron chi connectivity index (χ0n) is 13.9. The first-order valence-corrected chi connectivity index (χ1v) is 8.88. The highest BCUT2D eigenvalue weighted by Gasteiger charge is 2.23. The highest BCUT2D eigenvalue weighted by Crippen LogP contribution is 2.49. The van der Waals surface area contributed by atoms with Gasteiger partial charge in [-0.1, -0.05) is 41.9 Å². The van der Waals surface area contributed by atoms with Crippen molar-refractivity contribution in [2.45, 2.75) is 16.3 Å². The molecule has 0 N–H and O–H groups in total. The Hall–Kier alpha value is -2.83. The summed E-state index contributed by atoms with van der Waals surface area (Å²) in [6, 6.07) is 22.9. The molecule has 0 aliphatic carbocycles. The topological polar surface area (TPSA) is 12.5 Å². The fourth-order valence-electron chi connectivity index (χ4n) is 3.00. The molecule has 2 nitrogen and oxygen atoms in total. The summed E-state index contributed by atoms with van der Waals surface area (Å²) >= 11 is 1.78. The second kappa shape index (κ2) is 6.58. The van der Waals surface area contributed by atoms with Gasteiger partial charge in [-0.05, 0) is 48.0 Å². The van der Waals surface area contributed by atoms with Crippen LogP contribution >= 0.6 is 11.8 Å². The molecule has 4 rings (SSSR count). The fourth-order valence-corrected chi connectivity index (χ4v) is 4.12. The summed E-state index contributed by atoms with van der Waals surface area (Å²) < 4.78 is 5.40. The van der Waals surface area contributed by atoms with Crippen molar-refractivity contribution in [2.75, 3.05) is 12.0 Å². The molecule has 1 heterocycles. The minimum absolute atomic E-state index is 0.793. The maximum absolute atomic E-state index is 5.46. The number of ether oxygens (including phenoxy) is 1. The van der Waals surface area contributed by atoms with Gasteiger partial charge in [-0.3, -0.25) is 0 Å². The normalized spacial score (nSPS) is 12.1. The highest BCUT2D eigenvalue weighted by molar-refractivity contribution is 7.99. The van der Waals surface area contributed by atoms with E-state index in [4.69, 9.17) is 11.2 Å². The van der Waals surface area contributed by atoms with Crippen LogP contribution in [0, 0.1) is 12.3 Å². The lowest BCUT2D eigenvalue weighted by atomic mass is 10.1. The molecular formula is C22H17NOS. The molecule has 1 aliphatic rings. The molecule has 0 amide bonds. The first-order chi connectivity index (χ1) is 12.3. The van der Waals surface area contributed by atoms with E-state index in [0.717, 1.165) is 17.9 Å². The average molecular weight is 343 g/mol. The third-order valence-corrected chi connectivity index (χ3v) is 5.41. The van der Waals surface area contributed by atoms with Gasteiger partial charge < -0.3 is 9.64 Å². The van der Waals surface area contributed by atoms with Gasteiger partial charge in [0.2, 0.25) is 0 Å². The Morgan fingerprint density at radius 3 is 2.48 bits per heavy atom. The third kappa shape index (κ3) is 2.97. The van der Waals surface area contributed by atoms with E-state index < -0.39 is 0 Å². The van der Waals surface area contributed by atoms with Crippen molar-refractivity contribution in [3.8, 4) is 18.1 Å². The molecule has 3 aromatic carbocycles. The molecule has 3 heteroatoms. The molecule has 25 heavy (non-hydrogen) atoms. The second-order valence-corrected chi connectivity index (χ2v) is 6.91. The molecule has 3 aromatic rings. The summed E-state index contributed by atoms with van der Waals surface area (Å²) in [4.78, 5) is 4.81. The molecule has 0 radical (unpaired) electrons. The van der Waals surface area contributed by atoms with E-state index >= 15 is 0 Å². The average Bonchev–Trinajstić information content (AvgIpc) is 2.67. The molecule has 0 atom stereocenters. The van der Waals surface area contributed by atoms with E-state index in [9.17, 15) is 0 Å². The van der Waals surface area contributed by atoms with Crippen molar-refractivity contribution in [1.82, 2.24) is 0 Å². The highest BCUT2D eigenvalue weighted by atomic mass is 32.2. The van der Waals surface area contributed by atoms with Crippen LogP contribution in [0.2, 0.25) is 0 Å². The molecule has 0 aromatic heterocycles. The number of methoxy groups -OCH3 is 1. The molecule has 0 bridgehead atoms. The predicted octanol–water partition coefficient (Wildman–Crippen LogP) is 5.48.